The second kappa shape index (κ2) is 11.5. The molecular weight excluding hydrogens is 434 g/mol. The summed E-state index contributed by atoms with van der Waals surface area (Å²) in [5, 5.41) is 7.71. The fourth-order valence-corrected chi connectivity index (χ4v) is 3.57. The van der Waals surface area contributed by atoms with Gasteiger partial charge in [0, 0.05) is 25.2 Å². The number of ether oxygens (including phenoxy) is 2. The quantitative estimate of drug-likeness (QED) is 0.216. The average molecular weight is 461 g/mol. The molecule has 12 nitrogen and oxygen atoms in total. The normalized spacial score (nSPS) is 17.7. The van der Waals surface area contributed by atoms with Crippen LogP contribution in [0.3, 0.4) is 0 Å². The molecule has 1 unspecified atom stereocenters. The van der Waals surface area contributed by atoms with E-state index in [4.69, 9.17) is 15.2 Å². The highest BCUT2D eigenvalue weighted by atomic mass is 16.5. The van der Waals surface area contributed by atoms with E-state index in [0.29, 0.717) is 45.2 Å². The summed E-state index contributed by atoms with van der Waals surface area (Å²) < 4.78 is 10.5. The standard InChI is InChI=1S/C21H27N5O7/c22-6-8-32-10-11-33-9-7-23-17(28)12-24-14-3-1-2-13-18(14)21(31)26(20(13)30)15-4-5-16(27)25-19(15)29/h1-3,15,24H,4-12,22H2,(H,23,28)(H,25,27,29). The van der Waals surface area contributed by atoms with Gasteiger partial charge >= 0.3 is 0 Å². The third-order valence-electron chi connectivity index (χ3n) is 5.11. The lowest BCUT2D eigenvalue weighted by Crippen LogP contribution is -2.54. The molecule has 5 amide bonds. The molecule has 0 spiro atoms. The molecular formula is C21H27N5O7. The Labute approximate surface area is 190 Å². The van der Waals surface area contributed by atoms with Gasteiger partial charge in [-0.25, -0.2) is 0 Å². The molecule has 3 rings (SSSR count). The van der Waals surface area contributed by atoms with Gasteiger partial charge in [0.15, 0.2) is 0 Å². The molecule has 1 saturated heterocycles. The van der Waals surface area contributed by atoms with Crippen molar-refractivity contribution in [2.24, 2.45) is 5.73 Å². The summed E-state index contributed by atoms with van der Waals surface area (Å²) in [4.78, 5) is 62.4. The van der Waals surface area contributed by atoms with Crippen LogP contribution in [0.25, 0.3) is 0 Å². The minimum absolute atomic E-state index is 0.0412. The van der Waals surface area contributed by atoms with E-state index in [9.17, 15) is 24.0 Å². The Kier molecular flexibility index (Phi) is 8.46. The number of fused-ring (bicyclic) bond motifs is 1. The summed E-state index contributed by atoms with van der Waals surface area (Å²) in [6.45, 7) is 2.21. The smallest absolute Gasteiger partial charge is 0.264 e. The number of nitrogens with one attached hydrogen (secondary N) is 3. The summed E-state index contributed by atoms with van der Waals surface area (Å²) in [6.07, 6.45) is 0.113. The first-order valence-corrected chi connectivity index (χ1v) is 10.6. The van der Waals surface area contributed by atoms with Crippen molar-refractivity contribution < 1.29 is 33.4 Å². The SMILES string of the molecule is NCCOCCOCCNC(=O)CNc1cccc2c1C(=O)N(C1CCC(=O)NC1=O)C2=O. The average Bonchev–Trinajstić information content (AvgIpc) is 3.05. The van der Waals surface area contributed by atoms with Crippen LogP contribution in [0.1, 0.15) is 33.6 Å². The highest BCUT2D eigenvalue weighted by Gasteiger charge is 2.45. The van der Waals surface area contributed by atoms with Crippen LogP contribution in [0.5, 0.6) is 0 Å². The zero-order chi connectivity index (χ0) is 23.8. The largest absolute Gasteiger partial charge is 0.378 e. The molecule has 0 radical (unpaired) electrons. The number of imide groups is 2. The van der Waals surface area contributed by atoms with Gasteiger partial charge in [-0.15, -0.1) is 0 Å². The molecule has 2 aliphatic rings. The number of carbonyl (C=O) groups excluding carboxylic acids is 5. The molecule has 0 saturated carbocycles. The number of piperidine rings is 1. The number of rotatable bonds is 12. The lowest BCUT2D eigenvalue weighted by atomic mass is 10.0. The van der Waals surface area contributed by atoms with Crippen LogP contribution < -0.4 is 21.7 Å². The van der Waals surface area contributed by atoms with Gasteiger partial charge in [-0.1, -0.05) is 6.07 Å². The Bertz CT molecular complexity index is 936. The van der Waals surface area contributed by atoms with Gasteiger partial charge in [0.25, 0.3) is 11.8 Å². The Morgan fingerprint density at radius 3 is 2.58 bits per heavy atom. The maximum Gasteiger partial charge on any atom is 0.264 e. The van der Waals surface area contributed by atoms with E-state index in [2.05, 4.69) is 16.0 Å². The predicted octanol–water partition coefficient (Wildman–Crippen LogP) is -1.39. The Morgan fingerprint density at radius 2 is 1.85 bits per heavy atom. The highest BCUT2D eigenvalue weighted by molar-refractivity contribution is 6.25. The third kappa shape index (κ3) is 5.92. The van der Waals surface area contributed by atoms with E-state index in [0.717, 1.165) is 4.90 Å². The van der Waals surface area contributed by atoms with Crippen LogP contribution >= 0.6 is 0 Å². The van der Waals surface area contributed by atoms with Crippen LogP contribution in [-0.2, 0) is 23.9 Å². The number of anilines is 1. The van der Waals surface area contributed by atoms with E-state index in [1.54, 1.807) is 12.1 Å². The summed E-state index contributed by atoms with van der Waals surface area (Å²) in [5.74, 6) is -2.69. The van der Waals surface area contributed by atoms with Crippen LogP contribution in [0.15, 0.2) is 18.2 Å². The zero-order valence-electron chi connectivity index (χ0n) is 18.1. The van der Waals surface area contributed by atoms with Gasteiger partial charge in [0.1, 0.15) is 6.04 Å². The molecule has 33 heavy (non-hydrogen) atoms. The molecule has 2 heterocycles. The number of carbonyl (C=O) groups is 5. The van der Waals surface area contributed by atoms with Gasteiger partial charge < -0.3 is 25.8 Å². The fraction of sp³-hybridized carbons (Fsp3) is 0.476. The first kappa shape index (κ1) is 24.3. The van der Waals surface area contributed by atoms with Gasteiger partial charge in [-0.2, -0.15) is 0 Å². The zero-order valence-corrected chi connectivity index (χ0v) is 18.1. The predicted molar refractivity (Wildman–Crippen MR) is 115 cm³/mol. The van der Waals surface area contributed by atoms with E-state index < -0.39 is 29.7 Å². The highest BCUT2D eigenvalue weighted by Crippen LogP contribution is 2.32. The molecule has 0 aliphatic carbocycles. The van der Waals surface area contributed by atoms with Crippen molar-refractivity contribution >= 4 is 35.2 Å². The summed E-state index contributed by atoms with van der Waals surface area (Å²) in [6, 6.07) is 3.60. The number of nitrogens with two attached hydrogens (primary N) is 1. The Balaban J connectivity index is 1.52. The monoisotopic (exact) mass is 461 g/mol. The van der Waals surface area contributed by atoms with Crippen molar-refractivity contribution in [1.29, 1.82) is 0 Å². The van der Waals surface area contributed by atoms with Crippen molar-refractivity contribution in [1.82, 2.24) is 15.5 Å². The van der Waals surface area contributed by atoms with Gasteiger partial charge in [0.05, 0.1) is 44.1 Å². The van der Waals surface area contributed by atoms with Crippen molar-refractivity contribution in [3.8, 4) is 0 Å². The number of benzene rings is 1. The minimum atomic E-state index is -1.05. The van der Waals surface area contributed by atoms with E-state index >= 15 is 0 Å². The lowest BCUT2D eigenvalue weighted by Gasteiger charge is -2.27. The number of hydrogen-bond acceptors (Lipinski definition) is 9. The lowest BCUT2D eigenvalue weighted by molar-refractivity contribution is -0.136. The second-order valence-electron chi connectivity index (χ2n) is 7.39. The topological polar surface area (TPSA) is 169 Å². The molecule has 5 N–H and O–H groups in total. The molecule has 0 aromatic heterocycles. The number of hydrogen-bond donors (Lipinski definition) is 4. The molecule has 178 valence electrons. The van der Waals surface area contributed by atoms with Crippen LogP contribution in [-0.4, -0.2) is 86.5 Å². The molecule has 2 aliphatic heterocycles. The summed E-state index contributed by atoms with van der Waals surface area (Å²) in [7, 11) is 0. The molecule has 0 bridgehead atoms. The van der Waals surface area contributed by atoms with Crippen molar-refractivity contribution in [2.75, 3.05) is 51.4 Å². The number of nitrogens with zero attached hydrogens (tertiary/aromatic N) is 1. The summed E-state index contributed by atoms with van der Waals surface area (Å²) in [5.41, 5.74) is 5.85. The second-order valence-corrected chi connectivity index (χ2v) is 7.39. The third-order valence-corrected chi connectivity index (χ3v) is 5.11. The van der Waals surface area contributed by atoms with E-state index in [1.807, 2.05) is 0 Å². The molecule has 12 heteroatoms. The van der Waals surface area contributed by atoms with Gasteiger partial charge in [-0.05, 0) is 18.6 Å². The maximum absolute atomic E-state index is 13.0. The molecule has 1 aromatic rings. The number of amides is 5. The molecule has 1 atom stereocenters. The van der Waals surface area contributed by atoms with Gasteiger partial charge in [0.2, 0.25) is 17.7 Å². The Hall–Kier alpha value is -3.35. The van der Waals surface area contributed by atoms with Crippen molar-refractivity contribution in [2.45, 2.75) is 18.9 Å². The van der Waals surface area contributed by atoms with Crippen LogP contribution in [0.2, 0.25) is 0 Å². The maximum atomic E-state index is 13.0. The van der Waals surface area contributed by atoms with Crippen molar-refractivity contribution in [3.63, 3.8) is 0 Å². The molecule has 1 fully saturated rings. The van der Waals surface area contributed by atoms with Crippen LogP contribution in [0, 0.1) is 0 Å². The van der Waals surface area contributed by atoms with Gasteiger partial charge in [-0.3, -0.25) is 34.2 Å². The Morgan fingerprint density at radius 1 is 1.09 bits per heavy atom. The fourth-order valence-electron chi connectivity index (χ4n) is 3.57. The van der Waals surface area contributed by atoms with E-state index in [-0.39, 0.29) is 36.4 Å². The first-order chi connectivity index (χ1) is 15.9. The minimum Gasteiger partial charge on any atom is -0.378 e. The molecule has 1 aromatic carbocycles. The van der Waals surface area contributed by atoms with E-state index in [1.165, 1.54) is 6.07 Å². The van der Waals surface area contributed by atoms with Crippen LogP contribution in [0.4, 0.5) is 5.69 Å². The van der Waals surface area contributed by atoms with Crippen molar-refractivity contribution in [3.05, 3.63) is 29.3 Å². The summed E-state index contributed by atoms with van der Waals surface area (Å²) >= 11 is 0. The first-order valence-electron chi connectivity index (χ1n) is 10.6.